The van der Waals surface area contributed by atoms with Crippen LogP contribution >= 0.6 is 0 Å². The van der Waals surface area contributed by atoms with Crippen LogP contribution in [0.1, 0.15) is 26.3 Å². The minimum Gasteiger partial charge on any atom is -0.394 e. The Labute approximate surface area is 109 Å². The van der Waals surface area contributed by atoms with Crippen molar-refractivity contribution >= 4 is 5.69 Å². The van der Waals surface area contributed by atoms with E-state index in [1.807, 2.05) is 33.9 Å². The topological polar surface area (TPSA) is 35.5 Å². The molecular weight excluding hydrogens is 231 g/mol. The second-order valence-corrected chi connectivity index (χ2v) is 5.06. The van der Waals surface area contributed by atoms with Crippen molar-refractivity contribution in [3.05, 3.63) is 29.6 Å². The maximum Gasteiger partial charge on any atom is 0.146 e. The smallest absolute Gasteiger partial charge is 0.146 e. The van der Waals surface area contributed by atoms with E-state index >= 15 is 0 Å². The van der Waals surface area contributed by atoms with Gasteiger partial charge < -0.3 is 15.3 Å². The van der Waals surface area contributed by atoms with Crippen LogP contribution in [0.15, 0.2) is 18.2 Å². The van der Waals surface area contributed by atoms with Gasteiger partial charge in [-0.1, -0.05) is 19.1 Å². The van der Waals surface area contributed by atoms with Crippen LogP contribution < -0.4 is 10.2 Å². The lowest BCUT2D eigenvalue weighted by molar-refractivity contribution is 0.215. The Balaban J connectivity index is 3.12. The first-order valence-corrected chi connectivity index (χ1v) is 6.26. The molecule has 0 spiro atoms. The van der Waals surface area contributed by atoms with Crippen LogP contribution in [0, 0.1) is 5.82 Å². The highest BCUT2D eigenvalue weighted by Crippen LogP contribution is 2.28. The fourth-order valence-electron chi connectivity index (χ4n) is 1.75. The summed E-state index contributed by atoms with van der Waals surface area (Å²) in [7, 11) is 1.81. The zero-order valence-electron chi connectivity index (χ0n) is 11.6. The van der Waals surface area contributed by atoms with Gasteiger partial charge in [-0.05, 0) is 32.0 Å². The molecule has 0 fully saturated rings. The molecule has 0 aliphatic heterocycles. The lowest BCUT2D eigenvalue weighted by atomic mass is 10.0. The largest absolute Gasteiger partial charge is 0.394 e. The lowest BCUT2D eigenvalue weighted by Gasteiger charge is -2.37. The average molecular weight is 254 g/mol. The number of hydrogen-bond donors (Lipinski definition) is 2. The van der Waals surface area contributed by atoms with Gasteiger partial charge in [0.05, 0.1) is 17.8 Å². The highest BCUT2D eigenvalue weighted by molar-refractivity contribution is 5.56. The molecule has 0 heterocycles. The predicted molar refractivity (Wildman–Crippen MR) is 73.3 cm³/mol. The maximum absolute atomic E-state index is 14.0. The van der Waals surface area contributed by atoms with E-state index in [9.17, 15) is 9.50 Å². The van der Waals surface area contributed by atoms with Crippen molar-refractivity contribution in [2.45, 2.75) is 32.9 Å². The number of nitrogens with zero attached hydrogens (tertiary/aromatic N) is 1. The van der Waals surface area contributed by atoms with E-state index < -0.39 is 5.54 Å². The molecular formula is C14H23FN2O. The first-order valence-electron chi connectivity index (χ1n) is 6.26. The Morgan fingerprint density at radius 2 is 2.06 bits per heavy atom. The number of rotatable bonds is 6. The highest BCUT2D eigenvalue weighted by Gasteiger charge is 2.26. The highest BCUT2D eigenvalue weighted by atomic mass is 19.1. The average Bonchev–Trinajstić information content (AvgIpc) is 2.35. The van der Waals surface area contributed by atoms with Crippen molar-refractivity contribution in [3.63, 3.8) is 0 Å². The molecule has 0 saturated carbocycles. The minimum absolute atomic E-state index is 0.0293. The van der Waals surface area contributed by atoms with E-state index in [0.717, 1.165) is 12.1 Å². The second-order valence-electron chi connectivity index (χ2n) is 5.06. The Kier molecular flexibility index (Phi) is 5.11. The van der Waals surface area contributed by atoms with Gasteiger partial charge in [-0.15, -0.1) is 0 Å². The summed E-state index contributed by atoms with van der Waals surface area (Å²) in [5.41, 5.74) is 0.960. The van der Waals surface area contributed by atoms with Gasteiger partial charge in [0, 0.05) is 13.6 Å². The molecule has 1 aromatic carbocycles. The third kappa shape index (κ3) is 3.21. The number of para-hydroxylation sites is 1. The first-order chi connectivity index (χ1) is 8.44. The van der Waals surface area contributed by atoms with Gasteiger partial charge in [-0.25, -0.2) is 4.39 Å². The molecule has 102 valence electrons. The lowest BCUT2D eigenvalue weighted by Crippen LogP contribution is -2.45. The van der Waals surface area contributed by atoms with E-state index in [-0.39, 0.29) is 12.4 Å². The summed E-state index contributed by atoms with van der Waals surface area (Å²) in [6.45, 7) is 7.21. The van der Waals surface area contributed by atoms with Crippen LogP contribution in [0.25, 0.3) is 0 Å². The number of halogens is 1. The third-order valence-electron chi connectivity index (χ3n) is 3.27. The summed E-state index contributed by atoms with van der Waals surface area (Å²) in [6, 6.07) is 5.07. The van der Waals surface area contributed by atoms with Gasteiger partial charge >= 0.3 is 0 Å². The molecule has 0 radical (unpaired) electrons. The van der Waals surface area contributed by atoms with Crippen LogP contribution in [0.5, 0.6) is 0 Å². The number of likely N-dealkylation sites (N-methyl/N-ethyl adjacent to an activating group) is 1. The van der Waals surface area contributed by atoms with Crippen LogP contribution in [0.2, 0.25) is 0 Å². The monoisotopic (exact) mass is 254 g/mol. The molecule has 18 heavy (non-hydrogen) atoms. The van der Waals surface area contributed by atoms with E-state index in [0.29, 0.717) is 12.2 Å². The molecule has 0 unspecified atom stereocenters. The molecule has 4 heteroatoms. The SMILES string of the molecule is CCNCc1cccc(F)c1N(C)C(C)(C)CO. The Morgan fingerprint density at radius 3 is 2.61 bits per heavy atom. The number of hydrogen-bond acceptors (Lipinski definition) is 3. The van der Waals surface area contributed by atoms with Crippen molar-refractivity contribution in [2.75, 3.05) is 25.1 Å². The Morgan fingerprint density at radius 1 is 1.39 bits per heavy atom. The summed E-state index contributed by atoms with van der Waals surface area (Å²) in [4.78, 5) is 1.80. The predicted octanol–water partition coefficient (Wildman–Crippen LogP) is 2.14. The van der Waals surface area contributed by atoms with Crippen molar-refractivity contribution < 1.29 is 9.50 Å². The van der Waals surface area contributed by atoms with E-state index in [4.69, 9.17) is 0 Å². The Bertz CT molecular complexity index is 393. The molecule has 0 aliphatic carbocycles. The van der Waals surface area contributed by atoms with Crippen molar-refractivity contribution in [2.24, 2.45) is 0 Å². The van der Waals surface area contributed by atoms with Crippen LogP contribution in [0.4, 0.5) is 10.1 Å². The van der Waals surface area contributed by atoms with Gasteiger partial charge in [0.15, 0.2) is 0 Å². The number of nitrogens with one attached hydrogen (secondary N) is 1. The van der Waals surface area contributed by atoms with Crippen molar-refractivity contribution in [1.29, 1.82) is 0 Å². The number of benzene rings is 1. The number of anilines is 1. The number of aliphatic hydroxyl groups is 1. The van der Waals surface area contributed by atoms with Crippen molar-refractivity contribution in [1.82, 2.24) is 5.32 Å². The zero-order valence-corrected chi connectivity index (χ0v) is 11.6. The van der Waals surface area contributed by atoms with Crippen LogP contribution in [-0.4, -0.2) is 30.8 Å². The summed E-state index contributed by atoms with van der Waals surface area (Å²) >= 11 is 0. The second kappa shape index (κ2) is 6.16. The molecule has 0 amide bonds. The summed E-state index contributed by atoms with van der Waals surface area (Å²) < 4.78 is 14.0. The molecule has 0 bridgehead atoms. The fraction of sp³-hybridized carbons (Fsp3) is 0.571. The first kappa shape index (κ1) is 14.9. The molecule has 0 aliphatic rings. The zero-order chi connectivity index (χ0) is 13.8. The van der Waals surface area contributed by atoms with Gasteiger partial charge in [0.1, 0.15) is 5.82 Å². The summed E-state index contributed by atoms with van der Waals surface area (Å²) in [5.74, 6) is -0.255. The minimum atomic E-state index is -0.497. The van der Waals surface area contributed by atoms with Crippen LogP contribution in [0.3, 0.4) is 0 Å². The molecule has 0 saturated heterocycles. The van der Waals surface area contributed by atoms with Gasteiger partial charge in [0.2, 0.25) is 0 Å². The maximum atomic E-state index is 14.0. The third-order valence-corrected chi connectivity index (χ3v) is 3.27. The molecule has 0 aromatic heterocycles. The van der Waals surface area contributed by atoms with E-state index in [1.165, 1.54) is 6.07 Å². The Hall–Kier alpha value is -1.13. The standard InChI is InChI=1S/C14H23FN2O/c1-5-16-9-11-7-6-8-12(15)13(11)17(4)14(2,3)10-18/h6-8,16,18H,5,9-10H2,1-4H3. The molecule has 3 nitrogen and oxygen atoms in total. The summed E-state index contributed by atoms with van der Waals surface area (Å²) in [5, 5.41) is 12.6. The molecule has 0 atom stereocenters. The quantitative estimate of drug-likeness (QED) is 0.816. The van der Waals surface area contributed by atoms with Gasteiger partial charge in [-0.3, -0.25) is 0 Å². The molecule has 2 N–H and O–H groups in total. The van der Waals surface area contributed by atoms with Crippen LogP contribution in [-0.2, 0) is 6.54 Å². The molecule has 1 rings (SSSR count). The molecule has 1 aromatic rings. The van der Waals surface area contributed by atoms with E-state index in [1.54, 1.807) is 11.0 Å². The fourth-order valence-corrected chi connectivity index (χ4v) is 1.75. The van der Waals surface area contributed by atoms with E-state index in [2.05, 4.69) is 5.32 Å². The summed E-state index contributed by atoms with van der Waals surface area (Å²) in [6.07, 6.45) is 0. The van der Waals surface area contributed by atoms with Crippen molar-refractivity contribution in [3.8, 4) is 0 Å². The van der Waals surface area contributed by atoms with Gasteiger partial charge in [-0.2, -0.15) is 0 Å². The van der Waals surface area contributed by atoms with Gasteiger partial charge in [0.25, 0.3) is 0 Å². The normalized spacial score (nSPS) is 11.7. The number of aliphatic hydroxyl groups excluding tert-OH is 1.